The number of alkyl halides is 3. The van der Waals surface area contributed by atoms with Crippen molar-refractivity contribution < 1.29 is 18.3 Å². The zero-order chi connectivity index (χ0) is 12.4. The lowest BCUT2D eigenvalue weighted by atomic mass is 10.1. The average molecular weight is 228 g/mol. The number of hydrogen-bond acceptors (Lipinski definition) is 1. The van der Waals surface area contributed by atoms with Crippen molar-refractivity contribution >= 4 is 0 Å². The SMILES string of the molecule is CC(C)(O)C#Cc1cccc(C(F)(F)F)c1. The van der Waals surface area contributed by atoms with Gasteiger partial charge in [0.1, 0.15) is 5.60 Å². The van der Waals surface area contributed by atoms with Gasteiger partial charge in [0.05, 0.1) is 5.56 Å². The van der Waals surface area contributed by atoms with Crippen molar-refractivity contribution in [2.45, 2.75) is 25.6 Å². The largest absolute Gasteiger partial charge is 0.416 e. The molecule has 1 rings (SSSR count). The summed E-state index contributed by atoms with van der Waals surface area (Å²) in [7, 11) is 0. The lowest BCUT2D eigenvalue weighted by Crippen LogP contribution is -2.14. The first-order valence-corrected chi connectivity index (χ1v) is 4.61. The molecule has 0 fully saturated rings. The number of rotatable bonds is 0. The summed E-state index contributed by atoms with van der Waals surface area (Å²) in [5.74, 6) is 4.95. The lowest BCUT2D eigenvalue weighted by molar-refractivity contribution is -0.137. The molecule has 4 heteroatoms. The third kappa shape index (κ3) is 3.95. The first-order valence-electron chi connectivity index (χ1n) is 4.61. The fourth-order valence-electron chi connectivity index (χ4n) is 0.998. The van der Waals surface area contributed by atoms with Crippen molar-refractivity contribution in [2.75, 3.05) is 0 Å². The maximum atomic E-state index is 12.3. The second kappa shape index (κ2) is 4.18. The van der Waals surface area contributed by atoms with Gasteiger partial charge in [-0.2, -0.15) is 13.2 Å². The van der Waals surface area contributed by atoms with Gasteiger partial charge in [0.2, 0.25) is 0 Å². The van der Waals surface area contributed by atoms with Crippen molar-refractivity contribution in [3.8, 4) is 11.8 Å². The molecule has 16 heavy (non-hydrogen) atoms. The van der Waals surface area contributed by atoms with Gasteiger partial charge in [0.15, 0.2) is 0 Å². The Morgan fingerprint density at radius 3 is 2.31 bits per heavy atom. The summed E-state index contributed by atoms with van der Waals surface area (Å²) in [6.45, 7) is 2.93. The van der Waals surface area contributed by atoms with E-state index in [1.54, 1.807) is 0 Å². The van der Waals surface area contributed by atoms with Crippen molar-refractivity contribution in [1.29, 1.82) is 0 Å². The summed E-state index contributed by atoms with van der Waals surface area (Å²) in [6, 6.07) is 4.69. The van der Waals surface area contributed by atoms with Gasteiger partial charge < -0.3 is 5.11 Å². The van der Waals surface area contributed by atoms with Crippen LogP contribution in [0, 0.1) is 11.8 Å². The molecule has 1 aromatic rings. The zero-order valence-electron chi connectivity index (χ0n) is 8.89. The molecule has 0 aliphatic heterocycles. The van der Waals surface area contributed by atoms with E-state index in [0.717, 1.165) is 12.1 Å². The molecule has 0 amide bonds. The molecule has 0 spiro atoms. The minimum Gasteiger partial charge on any atom is -0.378 e. The van der Waals surface area contributed by atoms with Crippen LogP contribution >= 0.6 is 0 Å². The molecule has 1 N–H and O–H groups in total. The monoisotopic (exact) mass is 228 g/mol. The molecular formula is C12H11F3O. The fraction of sp³-hybridized carbons (Fsp3) is 0.333. The molecule has 0 aromatic heterocycles. The summed E-state index contributed by atoms with van der Waals surface area (Å²) in [6.07, 6.45) is -4.37. The van der Waals surface area contributed by atoms with Gasteiger partial charge in [-0.25, -0.2) is 0 Å². The van der Waals surface area contributed by atoms with E-state index in [4.69, 9.17) is 0 Å². The van der Waals surface area contributed by atoms with Crippen LogP contribution in [0.1, 0.15) is 25.0 Å². The summed E-state index contributed by atoms with van der Waals surface area (Å²) in [4.78, 5) is 0. The van der Waals surface area contributed by atoms with Crippen LogP contribution in [0.15, 0.2) is 24.3 Å². The summed E-state index contributed by atoms with van der Waals surface area (Å²) >= 11 is 0. The van der Waals surface area contributed by atoms with Crippen LogP contribution in [-0.2, 0) is 6.18 Å². The van der Waals surface area contributed by atoms with E-state index < -0.39 is 17.3 Å². The van der Waals surface area contributed by atoms with Gasteiger partial charge in [-0.05, 0) is 32.0 Å². The normalized spacial score (nSPS) is 11.9. The van der Waals surface area contributed by atoms with Crippen molar-refractivity contribution in [2.24, 2.45) is 0 Å². The lowest BCUT2D eigenvalue weighted by Gasteiger charge is -2.07. The quantitative estimate of drug-likeness (QED) is 0.677. The Morgan fingerprint density at radius 2 is 1.81 bits per heavy atom. The zero-order valence-corrected chi connectivity index (χ0v) is 8.89. The van der Waals surface area contributed by atoms with Crippen LogP contribution in [0.4, 0.5) is 13.2 Å². The average Bonchev–Trinajstić information content (AvgIpc) is 2.13. The molecule has 0 atom stereocenters. The molecule has 0 bridgehead atoms. The predicted molar refractivity (Wildman–Crippen MR) is 54.6 cm³/mol. The van der Waals surface area contributed by atoms with Crippen molar-refractivity contribution in [3.63, 3.8) is 0 Å². The van der Waals surface area contributed by atoms with Crippen LogP contribution in [-0.4, -0.2) is 10.7 Å². The fourth-order valence-corrected chi connectivity index (χ4v) is 0.998. The molecule has 0 unspecified atom stereocenters. The topological polar surface area (TPSA) is 20.2 Å². The highest BCUT2D eigenvalue weighted by Crippen LogP contribution is 2.29. The highest BCUT2D eigenvalue weighted by molar-refractivity contribution is 5.39. The predicted octanol–water partition coefficient (Wildman–Crippen LogP) is 2.83. The van der Waals surface area contributed by atoms with E-state index in [0.29, 0.717) is 0 Å². The maximum Gasteiger partial charge on any atom is 0.416 e. The van der Waals surface area contributed by atoms with Gasteiger partial charge in [-0.1, -0.05) is 17.9 Å². The second-order valence-electron chi connectivity index (χ2n) is 3.89. The van der Waals surface area contributed by atoms with Crippen LogP contribution in [0.3, 0.4) is 0 Å². The Kier molecular flexibility index (Phi) is 3.30. The van der Waals surface area contributed by atoms with Crippen molar-refractivity contribution in [3.05, 3.63) is 35.4 Å². The molecule has 86 valence electrons. The first kappa shape index (κ1) is 12.6. The minimum absolute atomic E-state index is 0.233. The molecular weight excluding hydrogens is 217 g/mol. The van der Waals surface area contributed by atoms with E-state index in [9.17, 15) is 18.3 Å². The summed E-state index contributed by atoms with van der Waals surface area (Å²) in [5.41, 5.74) is -1.72. The van der Waals surface area contributed by atoms with Gasteiger partial charge in [0.25, 0.3) is 0 Å². The summed E-state index contributed by atoms with van der Waals surface area (Å²) in [5, 5.41) is 9.31. The Balaban J connectivity index is 3.04. The highest BCUT2D eigenvalue weighted by Gasteiger charge is 2.30. The minimum atomic E-state index is -4.37. The molecule has 0 aliphatic rings. The molecule has 0 radical (unpaired) electrons. The summed E-state index contributed by atoms with van der Waals surface area (Å²) < 4.78 is 37.0. The number of halogens is 3. The van der Waals surface area contributed by atoms with E-state index in [-0.39, 0.29) is 5.56 Å². The Morgan fingerprint density at radius 1 is 1.19 bits per heavy atom. The Hall–Kier alpha value is -1.47. The van der Waals surface area contributed by atoms with Crippen LogP contribution in [0.5, 0.6) is 0 Å². The molecule has 1 aromatic carbocycles. The van der Waals surface area contributed by atoms with Gasteiger partial charge >= 0.3 is 6.18 Å². The van der Waals surface area contributed by atoms with Gasteiger partial charge in [0, 0.05) is 5.56 Å². The Bertz CT molecular complexity index is 430. The van der Waals surface area contributed by atoms with E-state index in [2.05, 4.69) is 11.8 Å². The Labute approximate surface area is 91.9 Å². The van der Waals surface area contributed by atoms with E-state index in [1.165, 1.54) is 26.0 Å². The van der Waals surface area contributed by atoms with Crippen LogP contribution in [0.25, 0.3) is 0 Å². The first-order chi connectivity index (χ1) is 7.18. The molecule has 0 saturated heterocycles. The second-order valence-corrected chi connectivity index (χ2v) is 3.89. The third-order valence-corrected chi connectivity index (χ3v) is 1.70. The number of benzene rings is 1. The van der Waals surface area contributed by atoms with Crippen molar-refractivity contribution in [1.82, 2.24) is 0 Å². The standard InChI is InChI=1S/C12H11F3O/c1-11(2,16)7-6-9-4-3-5-10(8-9)12(13,14)15/h3-5,8,16H,1-2H3. The van der Waals surface area contributed by atoms with Crippen LogP contribution < -0.4 is 0 Å². The van der Waals surface area contributed by atoms with E-state index in [1.807, 2.05) is 0 Å². The molecule has 0 heterocycles. The molecule has 1 nitrogen and oxygen atoms in total. The maximum absolute atomic E-state index is 12.3. The number of aliphatic hydroxyl groups is 1. The van der Waals surface area contributed by atoms with Gasteiger partial charge in [-0.15, -0.1) is 0 Å². The van der Waals surface area contributed by atoms with Crippen LogP contribution in [0.2, 0.25) is 0 Å². The smallest absolute Gasteiger partial charge is 0.378 e. The van der Waals surface area contributed by atoms with Gasteiger partial charge in [-0.3, -0.25) is 0 Å². The molecule has 0 saturated carbocycles. The highest BCUT2D eigenvalue weighted by atomic mass is 19.4. The molecule has 0 aliphatic carbocycles. The number of hydrogen-bond donors (Lipinski definition) is 1. The van der Waals surface area contributed by atoms with E-state index >= 15 is 0 Å². The third-order valence-electron chi connectivity index (χ3n) is 1.70.